The van der Waals surface area contributed by atoms with E-state index >= 15 is 0 Å². The van der Waals surface area contributed by atoms with Gasteiger partial charge in [0.2, 0.25) is 0 Å². The second-order valence-electron chi connectivity index (χ2n) is 13.4. The number of phenolic OH excluding ortho intramolecular Hbond substituents is 2. The number of phenols is 2. The standard InChI is InChI=1S/C38H57N5O6/c1-28-17-31(21-39-35(46)26-44)37(48)33(19-28)24-42-13-6-11-41(23-30-9-4-3-5-10-30)12-7-14-43(16-8-15-42)25-34-20-29(2)18-32(38(34)49)22-40-36(47)27-45/h3-5,9-10,17-20,35-36,39-40,44-49H,6-8,11-16,21-27H2,1-2H3. The molecule has 1 heterocycles. The van der Waals surface area contributed by atoms with Crippen LogP contribution in [0.15, 0.2) is 54.6 Å². The fourth-order valence-corrected chi connectivity index (χ4v) is 6.65. The van der Waals surface area contributed by atoms with Gasteiger partial charge < -0.3 is 30.6 Å². The molecule has 0 aromatic heterocycles. The van der Waals surface area contributed by atoms with Gasteiger partial charge in [0.15, 0.2) is 0 Å². The van der Waals surface area contributed by atoms with E-state index < -0.39 is 25.7 Å². The predicted molar refractivity (Wildman–Crippen MR) is 192 cm³/mol. The number of benzene rings is 3. The molecule has 3 aromatic rings. The Morgan fingerprint density at radius 3 is 1.33 bits per heavy atom. The Morgan fingerprint density at radius 2 is 0.939 bits per heavy atom. The number of nitrogens with one attached hydrogen (secondary N) is 2. The van der Waals surface area contributed by atoms with E-state index in [2.05, 4.69) is 49.6 Å². The lowest BCUT2D eigenvalue weighted by molar-refractivity contribution is 0.0663. The number of rotatable bonds is 14. The maximum atomic E-state index is 11.2. The molecule has 1 fully saturated rings. The molecule has 49 heavy (non-hydrogen) atoms. The molecule has 4 rings (SSSR count). The van der Waals surface area contributed by atoms with Gasteiger partial charge in [0.1, 0.15) is 24.0 Å². The Balaban J connectivity index is 1.52. The molecule has 2 atom stereocenters. The average molecular weight is 680 g/mol. The molecule has 1 saturated heterocycles. The highest BCUT2D eigenvalue weighted by atomic mass is 16.3. The molecular formula is C38H57N5O6. The van der Waals surface area contributed by atoms with E-state index in [0.717, 1.165) is 87.3 Å². The van der Waals surface area contributed by atoms with Crippen molar-refractivity contribution in [2.45, 2.75) is 78.3 Å². The van der Waals surface area contributed by atoms with Gasteiger partial charge in [-0.1, -0.05) is 65.7 Å². The van der Waals surface area contributed by atoms with Crippen LogP contribution in [-0.2, 0) is 32.7 Å². The van der Waals surface area contributed by atoms with Crippen molar-refractivity contribution in [1.29, 1.82) is 0 Å². The lowest BCUT2D eigenvalue weighted by atomic mass is 10.0. The van der Waals surface area contributed by atoms with Crippen LogP contribution >= 0.6 is 0 Å². The fourth-order valence-electron chi connectivity index (χ4n) is 6.65. The Hall–Kier alpha value is -3.10. The summed E-state index contributed by atoms with van der Waals surface area (Å²) in [5, 5.41) is 66.1. The van der Waals surface area contributed by atoms with Gasteiger partial charge in [-0.25, -0.2) is 0 Å². The van der Waals surface area contributed by atoms with Crippen LogP contribution in [0.25, 0.3) is 0 Å². The summed E-state index contributed by atoms with van der Waals surface area (Å²) in [4.78, 5) is 7.35. The molecule has 270 valence electrons. The lowest BCUT2D eigenvalue weighted by Gasteiger charge is -2.31. The number of nitrogens with zero attached hydrogens (tertiary/aromatic N) is 3. The predicted octanol–water partition coefficient (Wildman–Crippen LogP) is 2.51. The van der Waals surface area contributed by atoms with Crippen molar-refractivity contribution in [3.63, 3.8) is 0 Å². The monoisotopic (exact) mass is 679 g/mol. The summed E-state index contributed by atoms with van der Waals surface area (Å²) < 4.78 is 0. The van der Waals surface area contributed by atoms with Gasteiger partial charge in [-0.15, -0.1) is 0 Å². The van der Waals surface area contributed by atoms with Crippen molar-refractivity contribution < 1.29 is 30.6 Å². The molecular weight excluding hydrogens is 622 g/mol. The second-order valence-corrected chi connectivity index (χ2v) is 13.4. The van der Waals surface area contributed by atoms with E-state index in [1.165, 1.54) is 5.56 Å². The minimum Gasteiger partial charge on any atom is -0.507 e. The summed E-state index contributed by atoms with van der Waals surface area (Å²) in [5.41, 5.74) is 6.41. The molecule has 11 heteroatoms. The molecule has 0 spiro atoms. The molecule has 8 N–H and O–H groups in total. The van der Waals surface area contributed by atoms with Crippen LogP contribution < -0.4 is 10.6 Å². The summed E-state index contributed by atoms with van der Waals surface area (Å²) in [7, 11) is 0. The minimum atomic E-state index is -1.05. The van der Waals surface area contributed by atoms with Crippen LogP contribution in [0, 0.1) is 13.8 Å². The summed E-state index contributed by atoms with van der Waals surface area (Å²) in [5.74, 6) is 0.432. The summed E-state index contributed by atoms with van der Waals surface area (Å²) >= 11 is 0. The summed E-state index contributed by atoms with van der Waals surface area (Å²) in [6.07, 6.45) is 0.813. The van der Waals surface area contributed by atoms with Gasteiger partial charge in [0.05, 0.1) is 13.2 Å². The Kier molecular flexibility index (Phi) is 15.7. The van der Waals surface area contributed by atoms with Crippen molar-refractivity contribution in [2.24, 2.45) is 0 Å². The Bertz CT molecular complexity index is 1340. The third-order valence-electron chi connectivity index (χ3n) is 9.11. The fraction of sp³-hybridized carbons (Fsp3) is 0.526. The Labute approximate surface area is 291 Å². The van der Waals surface area contributed by atoms with Crippen molar-refractivity contribution in [3.8, 4) is 11.5 Å². The molecule has 1 aliphatic heterocycles. The number of aliphatic hydroxyl groups excluding tert-OH is 4. The third-order valence-corrected chi connectivity index (χ3v) is 9.11. The molecule has 11 nitrogen and oxygen atoms in total. The largest absolute Gasteiger partial charge is 0.507 e. The smallest absolute Gasteiger partial charge is 0.128 e. The molecule has 0 amide bonds. The zero-order chi connectivity index (χ0) is 35.2. The SMILES string of the molecule is Cc1cc(CNC(O)CO)c(O)c(CN2CCCN(Cc3ccccc3)CCCN(Cc3cc(C)cc(CNC(O)CO)c3O)CCC2)c1. The molecule has 0 saturated carbocycles. The van der Waals surface area contributed by atoms with Gasteiger partial charge in [-0.3, -0.25) is 25.3 Å². The summed E-state index contributed by atoms with van der Waals surface area (Å²) in [6.45, 7) is 11.1. The zero-order valence-corrected chi connectivity index (χ0v) is 29.2. The van der Waals surface area contributed by atoms with E-state index in [9.17, 15) is 30.6 Å². The maximum Gasteiger partial charge on any atom is 0.128 e. The number of hydrogen-bond donors (Lipinski definition) is 8. The van der Waals surface area contributed by atoms with Crippen molar-refractivity contribution in [1.82, 2.24) is 25.3 Å². The van der Waals surface area contributed by atoms with Crippen LogP contribution in [0.4, 0.5) is 0 Å². The van der Waals surface area contributed by atoms with Crippen molar-refractivity contribution in [3.05, 3.63) is 93.5 Å². The second kappa shape index (κ2) is 19.9. The maximum absolute atomic E-state index is 11.2. The highest BCUT2D eigenvalue weighted by Gasteiger charge is 2.19. The van der Waals surface area contributed by atoms with E-state index in [-0.39, 0.29) is 24.6 Å². The highest BCUT2D eigenvalue weighted by molar-refractivity contribution is 5.44. The van der Waals surface area contributed by atoms with Crippen LogP contribution in [0.1, 0.15) is 58.2 Å². The van der Waals surface area contributed by atoms with E-state index in [0.29, 0.717) is 24.2 Å². The van der Waals surface area contributed by atoms with Gasteiger partial charge in [0, 0.05) is 55.0 Å². The normalized spacial score (nSPS) is 17.3. The van der Waals surface area contributed by atoms with E-state index in [4.69, 9.17) is 0 Å². The van der Waals surface area contributed by atoms with Gasteiger partial charge in [-0.2, -0.15) is 0 Å². The van der Waals surface area contributed by atoms with Crippen molar-refractivity contribution in [2.75, 3.05) is 52.5 Å². The first-order chi connectivity index (χ1) is 23.6. The van der Waals surface area contributed by atoms with Crippen LogP contribution in [0.3, 0.4) is 0 Å². The van der Waals surface area contributed by atoms with Gasteiger partial charge in [-0.05, 0) is 77.9 Å². The molecule has 0 bridgehead atoms. The number of aryl methyl sites for hydroxylation is 2. The Morgan fingerprint density at radius 1 is 0.571 bits per heavy atom. The number of aromatic hydroxyl groups is 2. The molecule has 0 radical (unpaired) electrons. The van der Waals surface area contributed by atoms with E-state index in [1.54, 1.807) is 0 Å². The van der Waals surface area contributed by atoms with Gasteiger partial charge >= 0.3 is 0 Å². The van der Waals surface area contributed by atoms with Crippen LogP contribution in [-0.4, -0.2) is 110 Å². The summed E-state index contributed by atoms with van der Waals surface area (Å²) in [6, 6.07) is 18.4. The molecule has 2 unspecified atom stereocenters. The number of aliphatic hydroxyl groups is 4. The van der Waals surface area contributed by atoms with Crippen molar-refractivity contribution >= 4 is 0 Å². The van der Waals surface area contributed by atoms with Crippen LogP contribution in [0.2, 0.25) is 0 Å². The topological polar surface area (TPSA) is 155 Å². The first kappa shape index (κ1) is 38.7. The number of hydrogen-bond acceptors (Lipinski definition) is 11. The quantitative estimate of drug-likeness (QED) is 0.119. The van der Waals surface area contributed by atoms with E-state index in [1.807, 2.05) is 44.2 Å². The first-order valence-corrected chi connectivity index (χ1v) is 17.5. The highest BCUT2D eigenvalue weighted by Crippen LogP contribution is 2.28. The zero-order valence-electron chi connectivity index (χ0n) is 29.2. The van der Waals surface area contributed by atoms with Gasteiger partial charge in [0.25, 0.3) is 0 Å². The van der Waals surface area contributed by atoms with Crippen LogP contribution in [0.5, 0.6) is 11.5 Å². The lowest BCUT2D eigenvalue weighted by Crippen LogP contribution is -2.36. The third kappa shape index (κ3) is 12.6. The first-order valence-electron chi connectivity index (χ1n) is 17.5. The molecule has 1 aliphatic rings. The average Bonchev–Trinajstić information content (AvgIpc) is 3.08. The minimum absolute atomic E-state index is 0.216. The molecule has 3 aromatic carbocycles. The molecule has 0 aliphatic carbocycles.